The van der Waals surface area contributed by atoms with Crippen molar-refractivity contribution in [2.24, 2.45) is 5.41 Å². The molecule has 18 heavy (non-hydrogen) atoms. The number of aliphatic hydroxyl groups excluding tert-OH is 1. The molecule has 5 heteroatoms. The van der Waals surface area contributed by atoms with Gasteiger partial charge in [0.05, 0.1) is 12.1 Å². The number of hydrogen-bond donors (Lipinski definition) is 3. The Morgan fingerprint density at radius 3 is 2.67 bits per heavy atom. The lowest BCUT2D eigenvalue weighted by Gasteiger charge is -2.32. The first kappa shape index (κ1) is 15.4. The lowest BCUT2D eigenvalue weighted by atomic mass is 9.84. The predicted molar refractivity (Wildman–Crippen MR) is 70.3 cm³/mol. The van der Waals surface area contributed by atoms with E-state index in [1.165, 1.54) is 0 Å². The van der Waals surface area contributed by atoms with Crippen molar-refractivity contribution in [2.75, 3.05) is 20.3 Å². The summed E-state index contributed by atoms with van der Waals surface area (Å²) in [6.45, 7) is 6.99. The topological polar surface area (TPSA) is 70.6 Å². The number of carbonyl (C=O) groups is 1. The van der Waals surface area contributed by atoms with Crippen LogP contribution in [0.2, 0.25) is 0 Å². The summed E-state index contributed by atoms with van der Waals surface area (Å²) in [7, 11) is 1.66. The zero-order chi connectivity index (χ0) is 13.8. The number of amides is 1. The Balaban J connectivity index is 2.52. The summed E-state index contributed by atoms with van der Waals surface area (Å²) >= 11 is 0. The van der Waals surface area contributed by atoms with Gasteiger partial charge in [-0.1, -0.05) is 20.8 Å². The summed E-state index contributed by atoms with van der Waals surface area (Å²) in [5.41, 5.74) is -0.0579. The minimum Gasteiger partial charge on any atom is -0.396 e. The minimum absolute atomic E-state index is 0.00271. The number of hydrogen-bond acceptors (Lipinski definition) is 4. The highest BCUT2D eigenvalue weighted by atomic mass is 16.5. The van der Waals surface area contributed by atoms with Crippen LogP contribution in [0.3, 0.4) is 0 Å². The highest BCUT2D eigenvalue weighted by Crippen LogP contribution is 2.22. The van der Waals surface area contributed by atoms with Crippen LogP contribution in [-0.4, -0.2) is 49.5 Å². The molecule has 0 aromatic rings. The fraction of sp³-hybridized carbons (Fsp3) is 0.923. The first-order valence-electron chi connectivity index (χ1n) is 6.56. The van der Waals surface area contributed by atoms with Crippen LogP contribution in [-0.2, 0) is 9.53 Å². The highest BCUT2D eigenvalue weighted by Gasteiger charge is 2.32. The maximum Gasteiger partial charge on any atom is 0.237 e. The zero-order valence-corrected chi connectivity index (χ0v) is 11.8. The summed E-state index contributed by atoms with van der Waals surface area (Å²) in [5.74, 6) is 0.00271. The molecule has 0 aromatic heterocycles. The third-order valence-corrected chi connectivity index (χ3v) is 3.52. The first-order chi connectivity index (χ1) is 8.38. The van der Waals surface area contributed by atoms with E-state index in [2.05, 4.69) is 31.4 Å². The minimum atomic E-state index is -0.182. The highest BCUT2D eigenvalue weighted by molar-refractivity contribution is 5.82. The van der Waals surface area contributed by atoms with Gasteiger partial charge in [0.2, 0.25) is 5.91 Å². The smallest absolute Gasteiger partial charge is 0.237 e. The van der Waals surface area contributed by atoms with Crippen LogP contribution in [0.25, 0.3) is 0 Å². The van der Waals surface area contributed by atoms with Crippen LogP contribution in [0.1, 0.15) is 33.6 Å². The molecule has 1 aliphatic heterocycles. The van der Waals surface area contributed by atoms with E-state index in [0.717, 1.165) is 6.54 Å². The predicted octanol–water partition coefficient (Wildman–Crippen LogP) is 0.277. The molecule has 0 aromatic carbocycles. The fourth-order valence-corrected chi connectivity index (χ4v) is 2.21. The molecule has 0 radical (unpaired) electrons. The van der Waals surface area contributed by atoms with E-state index in [4.69, 9.17) is 9.84 Å². The molecule has 0 spiro atoms. The maximum atomic E-state index is 12.1. The molecular formula is C13H26N2O3. The van der Waals surface area contributed by atoms with Gasteiger partial charge in [-0.05, 0) is 18.3 Å². The maximum absolute atomic E-state index is 12.1. The lowest BCUT2D eigenvalue weighted by molar-refractivity contribution is -0.124. The molecule has 1 heterocycles. The SMILES string of the molecule is COC1CNC(C(=O)NC(CCO)C(C)(C)C)C1. The molecule has 3 atom stereocenters. The van der Waals surface area contributed by atoms with E-state index in [1.807, 2.05) is 0 Å². The summed E-state index contributed by atoms with van der Waals surface area (Å²) in [5, 5.41) is 15.3. The third-order valence-electron chi connectivity index (χ3n) is 3.52. The Hall–Kier alpha value is -0.650. The summed E-state index contributed by atoms with van der Waals surface area (Å²) < 4.78 is 5.23. The molecule has 5 nitrogen and oxygen atoms in total. The van der Waals surface area contributed by atoms with Gasteiger partial charge in [0.25, 0.3) is 0 Å². The van der Waals surface area contributed by atoms with Gasteiger partial charge in [-0.15, -0.1) is 0 Å². The number of aliphatic hydroxyl groups is 1. The Bertz CT molecular complexity index is 276. The molecule has 1 aliphatic rings. The number of rotatable bonds is 5. The Kier molecular flexibility index (Phi) is 5.56. The Labute approximate surface area is 109 Å². The van der Waals surface area contributed by atoms with Crippen molar-refractivity contribution >= 4 is 5.91 Å². The van der Waals surface area contributed by atoms with Crippen molar-refractivity contribution in [1.82, 2.24) is 10.6 Å². The summed E-state index contributed by atoms with van der Waals surface area (Å²) in [6, 6.07) is -0.197. The van der Waals surface area contributed by atoms with Crippen LogP contribution < -0.4 is 10.6 Å². The van der Waals surface area contributed by atoms with Gasteiger partial charge in [-0.2, -0.15) is 0 Å². The first-order valence-corrected chi connectivity index (χ1v) is 6.56. The van der Waals surface area contributed by atoms with E-state index in [1.54, 1.807) is 7.11 Å². The van der Waals surface area contributed by atoms with Crippen molar-refractivity contribution in [3.63, 3.8) is 0 Å². The van der Waals surface area contributed by atoms with Crippen LogP contribution in [0.15, 0.2) is 0 Å². The van der Waals surface area contributed by atoms with Crippen molar-refractivity contribution in [2.45, 2.75) is 51.8 Å². The second-order valence-electron chi connectivity index (χ2n) is 5.99. The summed E-state index contributed by atoms with van der Waals surface area (Å²) in [6.07, 6.45) is 1.40. The Morgan fingerprint density at radius 1 is 1.56 bits per heavy atom. The lowest BCUT2D eigenvalue weighted by Crippen LogP contribution is -2.50. The van der Waals surface area contributed by atoms with Gasteiger partial charge < -0.3 is 20.5 Å². The fourth-order valence-electron chi connectivity index (χ4n) is 2.21. The van der Waals surface area contributed by atoms with Crippen LogP contribution in [0.5, 0.6) is 0 Å². The molecular weight excluding hydrogens is 232 g/mol. The molecule has 3 unspecified atom stereocenters. The third kappa shape index (κ3) is 4.23. The van der Waals surface area contributed by atoms with Crippen molar-refractivity contribution in [3.8, 4) is 0 Å². The quantitative estimate of drug-likeness (QED) is 0.662. The molecule has 106 valence electrons. The van der Waals surface area contributed by atoms with Crippen LogP contribution >= 0.6 is 0 Å². The van der Waals surface area contributed by atoms with Gasteiger partial charge in [0, 0.05) is 26.3 Å². The monoisotopic (exact) mass is 258 g/mol. The molecule has 1 amide bonds. The van der Waals surface area contributed by atoms with Gasteiger partial charge in [-0.3, -0.25) is 4.79 Å². The van der Waals surface area contributed by atoms with Crippen LogP contribution in [0, 0.1) is 5.41 Å². The zero-order valence-electron chi connectivity index (χ0n) is 11.8. The van der Waals surface area contributed by atoms with E-state index in [0.29, 0.717) is 12.8 Å². The Morgan fingerprint density at radius 2 is 2.22 bits per heavy atom. The average molecular weight is 258 g/mol. The van der Waals surface area contributed by atoms with E-state index >= 15 is 0 Å². The van der Waals surface area contributed by atoms with Crippen molar-refractivity contribution in [1.29, 1.82) is 0 Å². The number of carbonyl (C=O) groups excluding carboxylic acids is 1. The second-order valence-corrected chi connectivity index (χ2v) is 5.99. The van der Waals surface area contributed by atoms with Gasteiger partial charge >= 0.3 is 0 Å². The van der Waals surface area contributed by atoms with Crippen LogP contribution in [0.4, 0.5) is 0 Å². The second kappa shape index (κ2) is 6.50. The van der Waals surface area contributed by atoms with Crippen molar-refractivity contribution in [3.05, 3.63) is 0 Å². The van der Waals surface area contributed by atoms with Gasteiger partial charge in [-0.25, -0.2) is 0 Å². The number of ether oxygens (including phenoxy) is 1. The largest absolute Gasteiger partial charge is 0.396 e. The van der Waals surface area contributed by atoms with Crippen molar-refractivity contribution < 1.29 is 14.6 Å². The number of nitrogens with one attached hydrogen (secondary N) is 2. The van der Waals surface area contributed by atoms with E-state index < -0.39 is 0 Å². The van der Waals surface area contributed by atoms with E-state index in [-0.39, 0.29) is 36.1 Å². The van der Waals surface area contributed by atoms with Gasteiger partial charge in [0.15, 0.2) is 0 Å². The molecule has 1 saturated heterocycles. The molecule has 0 aliphatic carbocycles. The summed E-state index contributed by atoms with van der Waals surface area (Å²) in [4.78, 5) is 12.1. The van der Waals surface area contributed by atoms with Gasteiger partial charge in [0.1, 0.15) is 0 Å². The molecule has 0 saturated carbocycles. The average Bonchev–Trinajstić information content (AvgIpc) is 2.75. The molecule has 0 bridgehead atoms. The molecule has 3 N–H and O–H groups in total. The normalized spacial score (nSPS) is 26.1. The molecule has 1 fully saturated rings. The standard InChI is InChI=1S/C13H26N2O3/c1-13(2,3)11(5-6-16)15-12(17)10-7-9(18-4)8-14-10/h9-11,14,16H,5-8H2,1-4H3,(H,15,17). The molecule has 1 rings (SSSR count). The number of methoxy groups -OCH3 is 1. The van der Waals surface area contributed by atoms with E-state index in [9.17, 15) is 4.79 Å².